The van der Waals surface area contributed by atoms with Crippen molar-refractivity contribution in [1.82, 2.24) is 0 Å². The van der Waals surface area contributed by atoms with Crippen LogP contribution in [0.15, 0.2) is 42.5 Å². The first-order valence-corrected chi connectivity index (χ1v) is 9.74. The van der Waals surface area contributed by atoms with E-state index in [1.165, 1.54) is 6.07 Å². The van der Waals surface area contributed by atoms with E-state index in [9.17, 15) is 9.18 Å². The van der Waals surface area contributed by atoms with Crippen molar-refractivity contribution in [3.05, 3.63) is 59.4 Å². The number of amides is 1. The Morgan fingerprint density at radius 1 is 1.25 bits per heavy atom. The number of ether oxygens (including phenoxy) is 1. The largest absolute Gasteiger partial charge is 0.483 e. The summed E-state index contributed by atoms with van der Waals surface area (Å²) >= 11 is 3.78. The lowest BCUT2D eigenvalue weighted by Gasteiger charge is -2.15. The van der Waals surface area contributed by atoms with E-state index in [4.69, 9.17) is 4.74 Å². The van der Waals surface area contributed by atoms with Crippen LogP contribution in [0.25, 0.3) is 0 Å². The highest BCUT2D eigenvalue weighted by atomic mass is 32.2. The number of carbonyl (C=O) groups excluding carboxylic acids is 1. The molecule has 0 aromatic heterocycles. The molecule has 6 heteroatoms. The van der Waals surface area contributed by atoms with Gasteiger partial charge in [0.1, 0.15) is 11.6 Å². The molecule has 0 atom stereocenters. The number of aryl methyl sites for hydroxylation is 1. The monoisotopic (exact) mass is 363 g/mol. The van der Waals surface area contributed by atoms with Gasteiger partial charge in [0.15, 0.2) is 6.61 Å². The van der Waals surface area contributed by atoms with Gasteiger partial charge in [-0.25, -0.2) is 4.39 Å². The number of carbonyl (C=O) groups is 1. The average molecular weight is 363 g/mol. The molecule has 0 radical (unpaired) electrons. The van der Waals surface area contributed by atoms with Crippen molar-refractivity contribution in [2.75, 3.05) is 23.4 Å². The number of thioether (sulfide) groups is 2. The summed E-state index contributed by atoms with van der Waals surface area (Å²) in [6, 6.07) is 12.4. The number of nitrogens with one attached hydrogen (secondary N) is 1. The maximum atomic E-state index is 13.5. The van der Waals surface area contributed by atoms with Crippen LogP contribution in [0.5, 0.6) is 5.75 Å². The van der Waals surface area contributed by atoms with Gasteiger partial charge in [0.25, 0.3) is 5.91 Å². The number of para-hydroxylation sites is 1. The second-order valence-corrected chi connectivity index (χ2v) is 8.14. The van der Waals surface area contributed by atoms with Crippen molar-refractivity contribution in [2.24, 2.45) is 0 Å². The molecular weight excluding hydrogens is 345 g/mol. The molecular formula is C18H18FNO2S2. The molecule has 1 fully saturated rings. The minimum atomic E-state index is -0.339. The molecule has 0 aliphatic carbocycles. The highest BCUT2D eigenvalue weighted by Crippen LogP contribution is 2.48. The van der Waals surface area contributed by atoms with Gasteiger partial charge in [-0.3, -0.25) is 4.79 Å². The molecule has 3 nitrogen and oxygen atoms in total. The van der Waals surface area contributed by atoms with Gasteiger partial charge in [0.2, 0.25) is 0 Å². The van der Waals surface area contributed by atoms with E-state index in [2.05, 4.69) is 5.32 Å². The fraction of sp³-hybridized carbons (Fsp3) is 0.278. The van der Waals surface area contributed by atoms with E-state index >= 15 is 0 Å². The zero-order valence-corrected chi connectivity index (χ0v) is 14.9. The highest BCUT2D eigenvalue weighted by molar-refractivity contribution is 8.19. The summed E-state index contributed by atoms with van der Waals surface area (Å²) in [6.07, 6.45) is 0. The van der Waals surface area contributed by atoms with Gasteiger partial charge >= 0.3 is 0 Å². The van der Waals surface area contributed by atoms with E-state index in [1.54, 1.807) is 19.1 Å². The van der Waals surface area contributed by atoms with Gasteiger partial charge in [0.05, 0.1) is 4.58 Å². The average Bonchev–Trinajstić information content (AvgIpc) is 3.11. The third kappa shape index (κ3) is 4.24. The van der Waals surface area contributed by atoms with Crippen molar-refractivity contribution < 1.29 is 13.9 Å². The number of halogens is 1. The normalized spacial score (nSPS) is 14.6. The SMILES string of the molecule is Cc1ccc(NC(=O)COc2ccccc2C2SCCS2)cc1F. The number of hydrogen-bond donors (Lipinski definition) is 1. The first-order valence-electron chi connectivity index (χ1n) is 7.64. The Bertz CT molecular complexity index is 733. The van der Waals surface area contributed by atoms with Gasteiger partial charge < -0.3 is 10.1 Å². The summed E-state index contributed by atoms with van der Waals surface area (Å²) in [5, 5.41) is 2.65. The second-order valence-electron chi connectivity index (χ2n) is 5.41. The van der Waals surface area contributed by atoms with E-state index in [0.29, 0.717) is 15.8 Å². The Morgan fingerprint density at radius 2 is 2.00 bits per heavy atom. The minimum Gasteiger partial charge on any atom is -0.483 e. The highest BCUT2D eigenvalue weighted by Gasteiger charge is 2.21. The molecule has 1 aliphatic rings. The van der Waals surface area contributed by atoms with Crippen LogP contribution in [-0.2, 0) is 4.79 Å². The van der Waals surface area contributed by atoms with E-state index in [1.807, 2.05) is 47.8 Å². The number of rotatable bonds is 5. The quantitative estimate of drug-likeness (QED) is 0.840. The molecule has 3 rings (SSSR count). The fourth-order valence-corrected chi connectivity index (χ4v) is 5.26. The Kier molecular flexibility index (Phi) is 5.68. The lowest BCUT2D eigenvalue weighted by molar-refractivity contribution is -0.118. The van der Waals surface area contributed by atoms with Crippen molar-refractivity contribution in [3.8, 4) is 5.75 Å². The Balaban J connectivity index is 1.61. The standard InChI is InChI=1S/C18H18FNO2S2/c1-12-6-7-13(10-15(12)19)20-17(21)11-22-16-5-3-2-4-14(16)18-23-8-9-24-18/h2-7,10,18H,8-9,11H2,1H3,(H,20,21). The van der Waals surface area contributed by atoms with Gasteiger partial charge in [-0.2, -0.15) is 0 Å². The van der Waals surface area contributed by atoms with Crippen LogP contribution in [0, 0.1) is 12.7 Å². The van der Waals surface area contributed by atoms with Crippen LogP contribution in [-0.4, -0.2) is 24.0 Å². The van der Waals surface area contributed by atoms with E-state index < -0.39 is 0 Å². The predicted octanol–water partition coefficient (Wildman–Crippen LogP) is 4.63. The first kappa shape index (κ1) is 17.2. The molecule has 1 N–H and O–H groups in total. The van der Waals surface area contributed by atoms with Gasteiger partial charge in [-0.1, -0.05) is 24.3 Å². The van der Waals surface area contributed by atoms with Crippen molar-refractivity contribution in [2.45, 2.75) is 11.5 Å². The lowest BCUT2D eigenvalue weighted by atomic mass is 10.2. The molecule has 2 aromatic rings. The predicted molar refractivity (Wildman–Crippen MR) is 99.4 cm³/mol. The third-order valence-corrected chi connectivity index (χ3v) is 6.68. The van der Waals surface area contributed by atoms with Crippen molar-refractivity contribution >= 4 is 35.1 Å². The molecule has 0 saturated carbocycles. The van der Waals surface area contributed by atoms with Crippen LogP contribution < -0.4 is 10.1 Å². The zero-order valence-electron chi connectivity index (χ0n) is 13.3. The third-order valence-electron chi connectivity index (χ3n) is 3.61. The van der Waals surface area contributed by atoms with Gasteiger partial charge in [-0.15, -0.1) is 23.5 Å². The lowest BCUT2D eigenvalue weighted by Crippen LogP contribution is -2.20. The molecule has 24 heavy (non-hydrogen) atoms. The molecule has 2 aromatic carbocycles. The molecule has 0 spiro atoms. The topological polar surface area (TPSA) is 38.3 Å². The van der Waals surface area contributed by atoms with Crippen LogP contribution in [0.2, 0.25) is 0 Å². The van der Waals surface area contributed by atoms with E-state index in [0.717, 1.165) is 22.8 Å². The number of anilines is 1. The molecule has 0 bridgehead atoms. The number of hydrogen-bond acceptors (Lipinski definition) is 4. The number of benzene rings is 2. The zero-order chi connectivity index (χ0) is 16.9. The second kappa shape index (κ2) is 7.94. The van der Waals surface area contributed by atoms with E-state index in [-0.39, 0.29) is 18.3 Å². The van der Waals surface area contributed by atoms with Crippen LogP contribution >= 0.6 is 23.5 Å². The summed E-state index contributed by atoms with van der Waals surface area (Å²) in [5.41, 5.74) is 2.09. The first-order chi connectivity index (χ1) is 11.6. The summed E-state index contributed by atoms with van der Waals surface area (Å²) in [7, 11) is 0. The van der Waals surface area contributed by atoms with Crippen molar-refractivity contribution in [1.29, 1.82) is 0 Å². The van der Waals surface area contributed by atoms with Crippen molar-refractivity contribution in [3.63, 3.8) is 0 Å². The molecule has 126 valence electrons. The van der Waals surface area contributed by atoms with Gasteiger partial charge in [-0.05, 0) is 30.7 Å². The fourth-order valence-electron chi connectivity index (χ4n) is 2.36. The smallest absolute Gasteiger partial charge is 0.262 e. The Morgan fingerprint density at radius 3 is 2.75 bits per heavy atom. The van der Waals surface area contributed by atoms with Crippen LogP contribution in [0.4, 0.5) is 10.1 Å². The minimum absolute atomic E-state index is 0.103. The molecule has 1 amide bonds. The molecule has 1 saturated heterocycles. The summed E-state index contributed by atoms with van der Waals surface area (Å²) in [4.78, 5) is 12.0. The maximum Gasteiger partial charge on any atom is 0.262 e. The summed E-state index contributed by atoms with van der Waals surface area (Å²) in [6.45, 7) is 1.58. The summed E-state index contributed by atoms with van der Waals surface area (Å²) < 4.78 is 19.6. The Labute approximate surface area is 149 Å². The molecule has 1 heterocycles. The Hall–Kier alpha value is -1.66. The van der Waals surface area contributed by atoms with Crippen LogP contribution in [0.3, 0.4) is 0 Å². The van der Waals surface area contributed by atoms with Crippen LogP contribution in [0.1, 0.15) is 15.7 Å². The molecule has 1 aliphatic heterocycles. The summed E-state index contributed by atoms with van der Waals surface area (Å²) in [5.74, 6) is 2.34. The molecule has 0 unspecified atom stereocenters. The maximum absolute atomic E-state index is 13.5. The van der Waals surface area contributed by atoms with Gasteiger partial charge in [0, 0.05) is 22.8 Å².